The van der Waals surface area contributed by atoms with Gasteiger partial charge in [0.15, 0.2) is 11.6 Å². The van der Waals surface area contributed by atoms with E-state index < -0.39 is 35.7 Å². The fraction of sp³-hybridized carbons (Fsp3) is 0.385. The van der Waals surface area contributed by atoms with Crippen LogP contribution in [-0.4, -0.2) is 47.2 Å². The van der Waals surface area contributed by atoms with E-state index in [-0.39, 0.29) is 18.7 Å². The lowest BCUT2D eigenvalue weighted by Crippen LogP contribution is -2.63. The third-order valence-electron chi connectivity index (χ3n) is 3.06. The van der Waals surface area contributed by atoms with Crippen molar-refractivity contribution in [2.24, 2.45) is 0 Å². The summed E-state index contributed by atoms with van der Waals surface area (Å²) in [5.74, 6) is -4.01. The number of ether oxygens (including phenoxy) is 1. The summed E-state index contributed by atoms with van der Waals surface area (Å²) in [5, 5.41) is 8.52. The smallest absolute Gasteiger partial charge is 0.329 e. The van der Waals surface area contributed by atoms with Crippen LogP contribution in [0.15, 0.2) is 18.2 Å². The molecule has 0 atom stereocenters. The van der Waals surface area contributed by atoms with Crippen LogP contribution in [-0.2, 0) is 9.53 Å². The first-order chi connectivity index (χ1) is 9.32. The van der Waals surface area contributed by atoms with E-state index in [1.165, 1.54) is 17.0 Å². The Morgan fingerprint density at radius 3 is 2.65 bits per heavy atom. The maximum absolute atomic E-state index is 13.5. The van der Waals surface area contributed by atoms with Crippen molar-refractivity contribution in [3.8, 4) is 0 Å². The summed E-state index contributed by atoms with van der Waals surface area (Å²) in [6.07, 6.45) is 0. The van der Waals surface area contributed by atoms with Gasteiger partial charge in [0.05, 0.1) is 18.7 Å². The highest BCUT2D eigenvalue weighted by molar-refractivity contribution is 5.95. The van der Waals surface area contributed by atoms with E-state index in [4.69, 9.17) is 9.84 Å². The van der Waals surface area contributed by atoms with E-state index in [0.717, 1.165) is 6.07 Å². The molecule has 108 valence electrons. The monoisotopic (exact) mass is 285 g/mol. The number of likely N-dealkylation sites (tertiary alicyclic amines) is 1. The number of benzene rings is 1. The van der Waals surface area contributed by atoms with Gasteiger partial charge in [-0.1, -0.05) is 6.07 Å². The summed E-state index contributed by atoms with van der Waals surface area (Å²) < 4.78 is 31.7. The van der Waals surface area contributed by atoms with Crippen molar-refractivity contribution in [1.29, 1.82) is 0 Å². The molecule has 1 fully saturated rings. The zero-order chi connectivity index (χ0) is 14.9. The Labute approximate surface area is 113 Å². The summed E-state index contributed by atoms with van der Waals surface area (Å²) in [6.45, 7) is 1.46. The van der Waals surface area contributed by atoms with Crippen LogP contribution in [0.5, 0.6) is 0 Å². The minimum atomic E-state index is -1.18. The van der Waals surface area contributed by atoms with E-state index >= 15 is 0 Å². The van der Waals surface area contributed by atoms with Gasteiger partial charge < -0.3 is 14.7 Å². The Hall–Kier alpha value is -2.02. The molecule has 0 radical (unpaired) electrons. The molecule has 1 amide bonds. The second kappa shape index (κ2) is 5.16. The molecule has 0 bridgehead atoms. The lowest BCUT2D eigenvalue weighted by Gasteiger charge is -2.47. The van der Waals surface area contributed by atoms with Crippen LogP contribution in [0.25, 0.3) is 0 Å². The lowest BCUT2D eigenvalue weighted by molar-refractivity contribution is -0.159. The van der Waals surface area contributed by atoms with Gasteiger partial charge in [0.2, 0.25) is 0 Å². The van der Waals surface area contributed by atoms with Crippen molar-refractivity contribution in [3.63, 3.8) is 0 Å². The topological polar surface area (TPSA) is 66.8 Å². The summed E-state index contributed by atoms with van der Waals surface area (Å²) in [6, 6.07) is 3.39. The number of rotatable bonds is 4. The van der Waals surface area contributed by atoms with Crippen LogP contribution in [0.4, 0.5) is 8.78 Å². The molecule has 1 aromatic rings. The summed E-state index contributed by atoms with van der Waals surface area (Å²) in [5.41, 5.74) is -1.11. The summed E-state index contributed by atoms with van der Waals surface area (Å²) in [4.78, 5) is 23.7. The Morgan fingerprint density at radius 2 is 2.05 bits per heavy atom. The maximum atomic E-state index is 13.5. The molecule has 1 N–H and O–H groups in total. The molecule has 1 aliphatic heterocycles. The van der Waals surface area contributed by atoms with Gasteiger partial charge in [-0.25, -0.2) is 13.6 Å². The highest BCUT2D eigenvalue weighted by atomic mass is 19.2. The average Bonchev–Trinajstić information content (AvgIpc) is 2.35. The number of hydrogen-bond acceptors (Lipinski definition) is 3. The van der Waals surface area contributed by atoms with Crippen molar-refractivity contribution >= 4 is 11.9 Å². The predicted octanol–water partition coefficient (Wildman–Crippen LogP) is 1.28. The van der Waals surface area contributed by atoms with Gasteiger partial charge in [-0.3, -0.25) is 4.79 Å². The number of hydrogen-bond donors (Lipinski definition) is 1. The Bertz CT molecular complexity index is 555. The fourth-order valence-electron chi connectivity index (χ4n) is 2.07. The van der Waals surface area contributed by atoms with Crippen molar-refractivity contribution in [3.05, 3.63) is 35.4 Å². The lowest BCUT2D eigenvalue weighted by atomic mass is 9.95. The van der Waals surface area contributed by atoms with Crippen molar-refractivity contribution in [2.45, 2.75) is 12.5 Å². The van der Waals surface area contributed by atoms with Crippen LogP contribution in [0.3, 0.4) is 0 Å². The zero-order valence-corrected chi connectivity index (χ0v) is 10.7. The highest BCUT2D eigenvalue weighted by Gasteiger charge is 2.43. The molecule has 5 nitrogen and oxygen atoms in total. The standard InChI is InChI=1S/C13H13F2NO4/c1-13(20-5-10(17)18)6-16(7-13)12(19)8-3-2-4-9(14)11(8)15/h2-4H,5-7H2,1H3,(H,17,18). The first-order valence-electron chi connectivity index (χ1n) is 5.91. The largest absolute Gasteiger partial charge is 0.480 e. The fourth-order valence-corrected chi connectivity index (χ4v) is 2.07. The van der Waals surface area contributed by atoms with Crippen LogP contribution in [0.2, 0.25) is 0 Å². The molecule has 1 aliphatic rings. The first-order valence-corrected chi connectivity index (χ1v) is 5.91. The van der Waals surface area contributed by atoms with Gasteiger partial charge in [0.25, 0.3) is 5.91 Å². The number of carbonyl (C=O) groups excluding carboxylic acids is 1. The second-order valence-corrected chi connectivity index (χ2v) is 4.89. The van der Waals surface area contributed by atoms with Gasteiger partial charge in [-0.2, -0.15) is 0 Å². The minimum absolute atomic E-state index is 0.134. The molecule has 0 unspecified atom stereocenters. The molecule has 20 heavy (non-hydrogen) atoms. The van der Waals surface area contributed by atoms with E-state index in [0.29, 0.717) is 0 Å². The maximum Gasteiger partial charge on any atom is 0.329 e. The number of carboxylic acid groups (broad SMARTS) is 1. The van der Waals surface area contributed by atoms with Gasteiger partial charge in [0, 0.05) is 0 Å². The van der Waals surface area contributed by atoms with Gasteiger partial charge in [-0.15, -0.1) is 0 Å². The van der Waals surface area contributed by atoms with Crippen molar-refractivity contribution < 1.29 is 28.2 Å². The van der Waals surface area contributed by atoms with E-state index in [9.17, 15) is 18.4 Å². The number of halogens is 2. The molecule has 7 heteroatoms. The first kappa shape index (κ1) is 14.4. The molecule has 0 aliphatic carbocycles. The average molecular weight is 285 g/mol. The molecular weight excluding hydrogens is 272 g/mol. The van der Waals surface area contributed by atoms with Crippen molar-refractivity contribution in [2.75, 3.05) is 19.7 Å². The van der Waals surface area contributed by atoms with E-state index in [2.05, 4.69) is 0 Å². The summed E-state index contributed by atoms with van der Waals surface area (Å²) in [7, 11) is 0. The second-order valence-electron chi connectivity index (χ2n) is 4.89. The quantitative estimate of drug-likeness (QED) is 0.905. The Balaban J connectivity index is 2.00. The predicted molar refractivity (Wildman–Crippen MR) is 64.3 cm³/mol. The SMILES string of the molecule is CC1(OCC(=O)O)CN(C(=O)c2cccc(F)c2F)C1. The molecule has 1 saturated heterocycles. The van der Waals surface area contributed by atoms with E-state index in [1.807, 2.05) is 0 Å². The Kier molecular flexibility index (Phi) is 3.71. The molecule has 0 saturated carbocycles. The van der Waals surface area contributed by atoms with Crippen LogP contribution in [0, 0.1) is 11.6 Å². The van der Waals surface area contributed by atoms with E-state index in [1.54, 1.807) is 6.92 Å². The number of amides is 1. The number of carboxylic acids is 1. The van der Waals surface area contributed by atoms with Crippen LogP contribution < -0.4 is 0 Å². The molecule has 2 rings (SSSR count). The molecule has 1 aromatic carbocycles. The van der Waals surface area contributed by atoms with Gasteiger partial charge in [0.1, 0.15) is 12.2 Å². The van der Waals surface area contributed by atoms with Crippen LogP contribution >= 0.6 is 0 Å². The van der Waals surface area contributed by atoms with Gasteiger partial charge in [-0.05, 0) is 19.1 Å². The number of aliphatic carboxylic acids is 1. The van der Waals surface area contributed by atoms with Crippen LogP contribution in [0.1, 0.15) is 17.3 Å². The normalized spacial score (nSPS) is 16.6. The third kappa shape index (κ3) is 2.77. The highest BCUT2D eigenvalue weighted by Crippen LogP contribution is 2.27. The molecular formula is C13H13F2NO4. The molecule has 0 aromatic heterocycles. The molecule has 0 spiro atoms. The number of carbonyl (C=O) groups is 2. The van der Waals surface area contributed by atoms with Crippen molar-refractivity contribution in [1.82, 2.24) is 4.90 Å². The van der Waals surface area contributed by atoms with Gasteiger partial charge >= 0.3 is 5.97 Å². The number of nitrogens with zero attached hydrogens (tertiary/aromatic N) is 1. The third-order valence-corrected chi connectivity index (χ3v) is 3.06. The minimum Gasteiger partial charge on any atom is -0.480 e. The summed E-state index contributed by atoms with van der Waals surface area (Å²) >= 11 is 0. The molecule has 1 heterocycles. The Morgan fingerprint density at radius 1 is 1.40 bits per heavy atom. The zero-order valence-electron chi connectivity index (χ0n) is 10.7.